The van der Waals surface area contributed by atoms with Crippen molar-refractivity contribution < 1.29 is 19.4 Å². The predicted molar refractivity (Wildman–Crippen MR) is 142 cm³/mol. The Morgan fingerprint density at radius 1 is 1.14 bits per heavy atom. The Labute approximate surface area is 213 Å². The van der Waals surface area contributed by atoms with Gasteiger partial charge in [0.1, 0.15) is 4.88 Å². The fourth-order valence-corrected chi connectivity index (χ4v) is 5.58. The SMILES string of the molecule is COC(=O)c1ccc(CCCN2C(=O)CCC2C=C[C@@H](O)[C@H](C)CCCCCc2ccccc2)s1. The molecule has 2 aromatic rings. The van der Waals surface area contributed by atoms with E-state index in [1.807, 2.05) is 23.1 Å². The van der Waals surface area contributed by atoms with Crippen LogP contribution in [-0.4, -0.2) is 47.7 Å². The molecule has 1 fully saturated rings. The molecule has 0 bridgehead atoms. The third kappa shape index (κ3) is 8.62. The minimum absolute atomic E-state index is 0.0594. The van der Waals surface area contributed by atoms with Crippen LogP contribution >= 0.6 is 11.3 Å². The van der Waals surface area contributed by atoms with E-state index in [0.717, 1.165) is 43.4 Å². The molecule has 1 aromatic carbocycles. The minimum atomic E-state index is -0.482. The second kappa shape index (κ2) is 14.2. The van der Waals surface area contributed by atoms with Crippen molar-refractivity contribution in [1.82, 2.24) is 4.90 Å². The van der Waals surface area contributed by atoms with Crippen LogP contribution in [0, 0.1) is 5.92 Å². The first-order valence-corrected chi connectivity index (χ1v) is 13.7. The first-order chi connectivity index (χ1) is 17.0. The van der Waals surface area contributed by atoms with Crippen molar-refractivity contribution in [3.05, 3.63) is 69.9 Å². The van der Waals surface area contributed by atoms with Gasteiger partial charge in [0, 0.05) is 17.8 Å². The molecule has 1 amide bonds. The average molecular weight is 498 g/mol. The number of thiophene rings is 1. The molecule has 1 unspecified atom stereocenters. The fourth-order valence-electron chi connectivity index (χ4n) is 4.61. The lowest BCUT2D eigenvalue weighted by molar-refractivity contribution is -0.128. The largest absolute Gasteiger partial charge is 0.465 e. The summed E-state index contributed by atoms with van der Waals surface area (Å²) in [6.07, 6.45) is 12.1. The first kappa shape index (κ1) is 27.2. The van der Waals surface area contributed by atoms with E-state index in [2.05, 4.69) is 37.3 Å². The lowest BCUT2D eigenvalue weighted by atomic mass is 9.95. The summed E-state index contributed by atoms with van der Waals surface area (Å²) in [6.45, 7) is 2.79. The molecule has 1 aliphatic rings. The minimum Gasteiger partial charge on any atom is -0.465 e. The van der Waals surface area contributed by atoms with Crippen molar-refractivity contribution in [2.75, 3.05) is 13.7 Å². The maximum absolute atomic E-state index is 12.4. The van der Waals surface area contributed by atoms with Gasteiger partial charge in [-0.25, -0.2) is 4.79 Å². The molecule has 2 heterocycles. The highest BCUT2D eigenvalue weighted by molar-refractivity contribution is 7.13. The third-order valence-electron chi connectivity index (χ3n) is 6.83. The molecule has 0 spiro atoms. The Morgan fingerprint density at radius 2 is 1.94 bits per heavy atom. The van der Waals surface area contributed by atoms with Crippen LogP contribution in [0.1, 0.15) is 72.0 Å². The summed E-state index contributed by atoms with van der Waals surface area (Å²) in [7, 11) is 1.39. The van der Waals surface area contributed by atoms with Gasteiger partial charge in [0.05, 0.1) is 19.3 Å². The summed E-state index contributed by atoms with van der Waals surface area (Å²) < 4.78 is 4.77. The van der Waals surface area contributed by atoms with Gasteiger partial charge in [-0.1, -0.05) is 62.2 Å². The number of nitrogens with zero attached hydrogens (tertiary/aromatic N) is 1. The second-order valence-corrected chi connectivity index (χ2v) is 10.7. The molecule has 3 rings (SSSR count). The monoisotopic (exact) mass is 497 g/mol. The molecule has 0 aliphatic carbocycles. The first-order valence-electron chi connectivity index (χ1n) is 12.8. The molecule has 35 heavy (non-hydrogen) atoms. The molecule has 0 radical (unpaired) electrons. The molecule has 1 saturated heterocycles. The highest BCUT2D eigenvalue weighted by Crippen LogP contribution is 2.24. The number of rotatable bonds is 14. The Balaban J connectivity index is 1.37. The number of aliphatic hydroxyl groups excluding tert-OH is 1. The quantitative estimate of drug-likeness (QED) is 0.203. The molecular weight excluding hydrogens is 458 g/mol. The van der Waals surface area contributed by atoms with E-state index in [0.29, 0.717) is 17.8 Å². The molecule has 1 aliphatic heterocycles. The number of aliphatic hydroxyl groups is 1. The number of hydrogen-bond donors (Lipinski definition) is 1. The predicted octanol–water partition coefficient (Wildman–Crippen LogP) is 5.81. The van der Waals surface area contributed by atoms with Crippen molar-refractivity contribution in [3.63, 3.8) is 0 Å². The van der Waals surface area contributed by atoms with Gasteiger partial charge in [0.25, 0.3) is 0 Å². The van der Waals surface area contributed by atoms with E-state index in [1.54, 1.807) is 6.07 Å². The lowest BCUT2D eigenvalue weighted by Crippen LogP contribution is -2.33. The van der Waals surface area contributed by atoms with Crippen LogP contribution < -0.4 is 0 Å². The Bertz CT molecular complexity index is 955. The molecule has 1 N–H and O–H groups in total. The number of unbranched alkanes of at least 4 members (excludes halogenated alkanes) is 2. The smallest absolute Gasteiger partial charge is 0.348 e. The van der Waals surface area contributed by atoms with Crippen LogP contribution in [0.2, 0.25) is 0 Å². The fraction of sp³-hybridized carbons (Fsp3) is 0.517. The summed E-state index contributed by atoms with van der Waals surface area (Å²) in [4.78, 5) is 27.7. The summed E-state index contributed by atoms with van der Waals surface area (Å²) in [5, 5.41) is 10.6. The number of esters is 1. The highest BCUT2D eigenvalue weighted by atomic mass is 32.1. The Kier molecular flexibility index (Phi) is 11.0. The summed E-state index contributed by atoms with van der Waals surface area (Å²) in [5.41, 5.74) is 1.39. The maximum atomic E-state index is 12.4. The maximum Gasteiger partial charge on any atom is 0.348 e. The number of carbonyl (C=O) groups excluding carboxylic acids is 2. The summed E-state index contributed by atoms with van der Waals surface area (Å²) in [5.74, 6) is 0.0829. The zero-order valence-corrected chi connectivity index (χ0v) is 21.8. The van der Waals surface area contributed by atoms with Crippen molar-refractivity contribution in [2.45, 2.75) is 76.9 Å². The molecule has 1 aromatic heterocycles. The molecule has 5 nitrogen and oxygen atoms in total. The van der Waals surface area contributed by atoms with Gasteiger partial charge in [-0.3, -0.25) is 4.79 Å². The lowest BCUT2D eigenvalue weighted by Gasteiger charge is -2.23. The highest BCUT2D eigenvalue weighted by Gasteiger charge is 2.28. The topological polar surface area (TPSA) is 66.8 Å². The van der Waals surface area contributed by atoms with Gasteiger partial charge in [-0.2, -0.15) is 0 Å². The van der Waals surface area contributed by atoms with Crippen LogP contribution in [0.15, 0.2) is 54.6 Å². The number of aryl methyl sites for hydroxylation is 2. The molecular formula is C29H39NO4S. The number of hydrogen-bond acceptors (Lipinski definition) is 5. The van der Waals surface area contributed by atoms with E-state index in [4.69, 9.17) is 4.74 Å². The van der Waals surface area contributed by atoms with E-state index >= 15 is 0 Å². The normalized spacial score (nSPS) is 17.7. The van der Waals surface area contributed by atoms with Crippen molar-refractivity contribution in [3.8, 4) is 0 Å². The standard InChI is InChI=1S/C29H39NO4S/c1-22(10-5-3-6-11-23-12-7-4-8-13-23)26(31)18-15-24-16-20-28(32)30(24)21-9-14-25-17-19-27(35-25)29(33)34-2/h4,7-8,12-13,15,17-19,22,24,26,31H,3,5-6,9-11,14,16,20-21H2,1-2H3/t22-,24?,26-/m1/s1. The van der Waals surface area contributed by atoms with E-state index in [-0.39, 0.29) is 23.8 Å². The number of ether oxygens (including phenoxy) is 1. The van der Waals surface area contributed by atoms with Crippen LogP contribution in [0.25, 0.3) is 0 Å². The van der Waals surface area contributed by atoms with E-state index in [9.17, 15) is 14.7 Å². The van der Waals surface area contributed by atoms with Gasteiger partial charge in [0.2, 0.25) is 5.91 Å². The number of methoxy groups -OCH3 is 1. The molecule has 0 saturated carbocycles. The van der Waals surface area contributed by atoms with E-state index < -0.39 is 6.10 Å². The number of carbonyl (C=O) groups is 2. The van der Waals surface area contributed by atoms with Gasteiger partial charge < -0.3 is 14.7 Å². The Morgan fingerprint density at radius 3 is 2.71 bits per heavy atom. The van der Waals surface area contributed by atoms with Gasteiger partial charge in [-0.15, -0.1) is 11.3 Å². The van der Waals surface area contributed by atoms with Gasteiger partial charge >= 0.3 is 5.97 Å². The third-order valence-corrected chi connectivity index (χ3v) is 7.95. The van der Waals surface area contributed by atoms with Crippen LogP contribution in [0.5, 0.6) is 0 Å². The van der Waals surface area contributed by atoms with Crippen LogP contribution in [-0.2, 0) is 22.4 Å². The van der Waals surface area contributed by atoms with Crippen LogP contribution in [0.4, 0.5) is 0 Å². The summed E-state index contributed by atoms with van der Waals surface area (Å²) in [6, 6.07) is 14.4. The number of amides is 1. The second-order valence-electron chi connectivity index (χ2n) is 9.49. The number of likely N-dealkylation sites (tertiary alicyclic amines) is 1. The van der Waals surface area contributed by atoms with E-state index in [1.165, 1.54) is 36.9 Å². The van der Waals surface area contributed by atoms with Crippen LogP contribution in [0.3, 0.4) is 0 Å². The average Bonchev–Trinajstić information content (AvgIpc) is 3.49. The summed E-state index contributed by atoms with van der Waals surface area (Å²) >= 11 is 1.45. The van der Waals surface area contributed by atoms with Gasteiger partial charge in [0.15, 0.2) is 0 Å². The molecule has 3 atom stereocenters. The number of benzene rings is 1. The van der Waals surface area contributed by atoms with Gasteiger partial charge in [-0.05, 0) is 62.1 Å². The van der Waals surface area contributed by atoms with Crippen molar-refractivity contribution >= 4 is 23.2 Å². The Hall–Kier alpha value is -2.44. The van der Waals surface area contributed by atoms with Crippen molar-refractivity contribution in [1.29, 1.82) is 0 Å². The van der Waals surface area contributed by atoms with Crippen molar-refractivity contribution in [2.24, 2.45) is 5.92 Å². The zero-order valence-electron chi connectivity index (χ0n) is 21.0. The molecule has 190 valence electrons. The zero-order chi connectivity index (χ0) is 25.0. The molecule has 6 heteroatoms.